The van der Waals surface area contributed by atoms with Gasteiger partial charge in [0, 0.05) is 0 Å². The first-order valence-corrected chi connectivity index (χ1v) is 11.4. The topological polar surface area (TPSA) is 116 Å². The van der Waals surface area contributed by atoms with E-state index in [1.54, 1.807) is 4.57 Å². The Morgan fingerprint density at radius 2 is 1.29 bits per heavy atom. The monoisotopic (exact) mass is 465 g/mol. The van der Waals surface area contributed by atoms with Crippen molar-refractivity contribution in [1.82, 2.24) is 34.4 Å². The number of fused-ring (bicyclic) bond motifs is 3. The molecule has 174 valence electrons. The number of hydrogen-bond acceptors (Lipinski definition) is 5. The van der Waals surface area contributed by atoms with Gasteiger partial charge in [0.05, 0.1) is 52.7 Å². The van der Waals surface area contributed by atoms with E-state index in [1.165, 1.54) is 0 Å². The maximum Gasteiger partial charge on any atom is 0.323 e. The second-order valence-corrected chi connectivity index (χ2v) is 8.54. The average molecular weight is 466 g/mol. The summed E-state index contributed by atoms with van der Waals surface area (Å²) in [7, 11) is 0. The number of benzene rings is 3. The third kappa shape index (κ3) is 4.24. The first kappa shape index (κ1) is 21.1. The number of nitrogens with zero attached hydrogens (tertiary/aromatic N) is 5. The van der Waals surface area contributed by atoms with Crippen LogP contribution in [0.15, 0.2) is 72.8 Å². The van der Waals surface area contributed by atoms with E-state index in [4.69, 9.17) is 15.0 Å². The third-order valence-corrected chi connectivity index (χ3v) is 6.02. The summed E-state index contributed by atoms with van der Waals surface area (Å²) < 4.78 is 1.77. The Balaban J connectivity index is 1.37. The molecule has 0 radical (unpaired) electrons. The Labute approximate surface area is 200 Å². The Hall–Kier alpha value is -4.50. The fourth-order valence-electron chi connectivity index (χ4n) is 4.51. The highest BCUT2D eigenvalue weighted by atomic mass is 16.4. The molecule has 0 saturated heterocycles. The van der Waals surface area contributed by atoms with E-state index in [0.717, 1.165) is 44.7 Å². The van der Waals surface area contributed by atoms with Gasteiger partial charge in [-0.2, -0.15) is 0 Å². The van der Waals surface area contributed by atoms with Crippen LogP contribution in [0.4, 0.5) is 0 Å². The number of hydrogen-bond donors (Lipinski definition) is 3. The van der Waals surface area contributed by atoms with Gasteiger partial charge in [-0.1, -0.05) is 36.4 Å². The molecule has 9 nitrogen and oxygen atoms in total. The van der Waals surface area contributed by atoms with Gasteiger partial charge in [0.25, 0.3) is 0 Å². The molecule has 0 fully saturated rings. The van der Waals surface area contributed by atoms with Gasteiger partial charge in [0.1, 0.15) is 24.0 Å². The van der Waals surface area contributed by atoms with Gasteiger partial charge < -0.3 is 19.6 Å². The molecule has 3 N–H and O–H groups in total. The van der Waals surface area contributed by atoms with Gasteiger partial charge in [0.2, 0.25) is 0 Å². The fourth-order valence-corrected chi connectivity index (χ4v) is 4.51. The zero-order valence-electron chi connectivity index (χ0n) is 18.8. The second kappa shape index (κ2) is 8.69. The van der Waals surface area contributed by atoms with Gasteiger partial charge in [-0.3, -0.25) is 9.69 Å². The summed E-state index contributed by atoms with van der Waals surface area (Å²) in [4.78, 5) is 34.8. The highest BCUT2D eigenvalue weighted by molar-refractivity contribution is 5.78. The van der Waals surface area contributed by atoms with Crippen molar-refractivity contribution in [3.05, 3.63) is 90.3 Å². The largest absolute Gasteiger partial charge is 0.480 e. The van der Waals surface area contributed by atoms with E-state index in [0.29, 0.717) is 25.5 Å². The minimum absolute atomic E-state index is 0.154. The molecule has 0 aliphatic carbocycles. The summed E-state index contributed by atoms with van der Waals surface area (Å²) in [6, 6.07) is 23.4. The summed E-state index contributed by atoms with van der Waals surface area (Å²) >= 11 is 0. The number of carboxylic acid groups (broad SMARTS) is 1. The Morgan fingerprint density at radius 1 is 0.743 bits per heavy atom. The molecule has 0 saturated carbocycles. The van der Waals surface area contributed by atoms with Crippen LogP contribution in [0.25, 0.3) is 33.1 Å². The smallest absolute Gasteiger partial charge is 0.323 e. The van der Waals surface area contributed by atoms with Gasteiger partial charge in [-0.25, -0.2) is 15.0 Å². The normalized spacial score (nSPS) is 11.8. The molecule has 3 aromatic carbocycles. The first-order chi connectivity index (χ1) is 17.1. The van der Waals surface area contributed by atoms with Crippen molar-refractivity contribution >= 4 is 39.1 Å². The molecule has 0 amide bonds. The molecular weight excluding hydrogens is 442 g/mol. The number of H-pyrrole nitrogens is 2. The molecule has 6 aromatic rings. The van der Waals surface area contributed by atoms with Crippen LogP contribution >= 0.6 is 0 Å². The van der Waals surface area contributed by atoms with Crippen molar-refractivity contribution in [2.45, 2.75) is 26.2 Å². The molecule has 0 spiro atoms. The number of imidazole rings is 3. The summed E-state index contributed by atoms with van der Waals surface area (Å²) in [6.07, 6.45) is 0. The zero-order valence-corrected chi connectivity index (χ0v) is 18.8. The minimum atomic E-state index is -0.907. The van der Waals surface area contributed by atoms with E-state index in [9.17, 15) is 9.90 Å². The van der Waals surface area contributed by atoms with Crippen LogP contribution in [0.3, 0.4) is 0 Å². The lowest BCUT2D eigenvalue weighted by molar-refractivity contribution is -0.137. The van der Waals surface area contributed by atoms with E-state index in [1.807, 2.05) is 72.8 Å². The average Bonchev–Trinajstić information content (AvgIpc) is 3.53. The first-order valence-electron chi connectivity index (χ1n) is 11.4. The molecule has 6 rings (SSSR count). The van der Waals surface area contributed by atoms with E-state index in [-0.39, 0.29) is 6.54 Å². The fraction of sp³-hybridized carbons (Fsp3) is 0.154. The predicted molar refractivity (Wildman–Crippen MR) is 133 cm³/mol. The third-order valence-electron chi connectivity index (χ3n) is 6.02. The zero-order chi connectivity index (χ0) is 23.8. The highest BCUT2D eigenvalue weighted by Crippen LogP contribution is 2.21. The van der Waals surface area contributed by atoms with Crippen LogP contribution in [0.5, 0.6) is 0 Å². The lowest BCUT2D eigenvalue weighted by Crippen LogP contribution is -2.26. The number of nitrogens with one attached hydrogen (secondary N) is 2. The Kier molecular flexibility index (Phi) is 5.23. The molecule has 0 aliphatic rings. The lowest BCUT2D eigenvalue weighted by Gasteiger charge is -2.20. The van der Waals surface area contributed by atoms with Crippen LogP contribution in [0.1, 0.15) is 17.5 Å². The molecule has 3 aromatic heterocycles. The number of aromatic nitrogens is 6. The SMILES string of the molecule is O=C(O)Cn1c(CN(Cc2nc3ccccc3[nH]2)Cc2nc3ccccc3[nH]2)nc2ccccc21. The summed E-state index contributed by atoms with van der Waals surface area (Å²) in [5.74, 6) is 1.42. The summed E-state index contributed by atoms with van der Waals surface area (Å²) in [6.45, 7) is 1.30. The van der Waals surface area contributed by atoms with Crippen LogP contribution in [0.2, 0.25) is 0 Å². The van der Waals surface area contributed by atoms with Crippen molar-refractivity contribution in [2.75, 3.05) is 0 Å². The maximum absolute atomic E-state index is 11.6. The van der Waals surface area contributed by atoms with E-state index in [2.05, 4.69) is 14.9 Å². The van der Waals surface area contributed by atoms with Crippen molar-refractivity contribution in [1.29, 1.82) is 0 Å². The molecule has 9 heteroatoms. The van der Waals surface area contributed by atoms with Crippen LogP contribution in [-0.2, 0) is 31.0 Å². The van der Waals surface area contributed by atoms with Crippen molar-refractivity contribution in [3.8, 4) is 0 Å². The van der Waals surface area contributed by atoms with Crippen molar-refractivity contribution in [3.63, 3.8) is 0 Å². The molecule has 0 bridgehead atoms. The summed E-state index contributed by atoms with van der Waals surface area (Å²) in [5.41, 5.74) is 5.34. The minimum Gasteiger partial charge on any atom is -0.480 e. The van der Waals surface area contributed by atoms with Gasteiger partial charge in [-0.05, 0) is 36.4 Å². The molecule has 3 heterocycles. The molecule has 35 heavy (non-hydrogen) atoms. The Morgan fingerprint density at radius 3 is 1.86 bits per heavy atom. The van der Waals surface area contributed by atoms with Gasteiger partial charge in [-0.15, -0.1) is 0 Å². The van der Waals surface area contributed by atoms with Crippen molar-refractivity contribution < 1.29 is 9.90 Å². The van der Waals surface area contributed by atoms with Crippen LogP contribution in [0, 0.1) is 0 Å². The number of rotatable bonds is 8. The van der Waals surface area contributed by atoms with Crippen LogP contribution in [-0.4, -0.2) is 45.5 Å². The molecule has 0 aliphatic heterocycles. The Bertz CT molecular complexity index is 1520. The highest BCUT2D eigenvalue weighted by Gasteiger charge is 2.19. The number of aliphatic carboxylic acids is 1. The standard InChI is InChI=1S/C26H23N7O2/c34-26(35)16-33-22-12-6-5-11-21(22)31-25(33)15-32(13-23-27-17-7-1-2-8-18(17)28-23)14-24-29-19-9-3-4-10-20(19)30-24/h1-12H,13-16H2,(H,27,28)(H,29,30)(H,34,35). The molecule has 0 unspecified atom stereocenters. The molecular formula is C26H23N7O2. The quantitative estimate of drug-likeness (QED) is 0.312. The second-order valence-electron chi connectivity index (χ2n) is 8.54. The van der Waals surface area contributed by atoms with E-state index < -0.39 is 5.97 Å². The number of carboxylic acids is 1. The summed E-state index contributed by atoms with van der Waals surface area (Å²) in [5, 5.41) is 9.54. The van der Waals surface area contributed by atoms with Crippen LogP contribution < -0.4 is 0 Å². The number of carbonyl (C=O) groups is 1. The van der Waals surface area contributed by atoms with Crippen molar-refractivity contribution in [2.24, 2.45) is 0 Å². The van der Waals surface area contributed by atoms with Gasteiger partial charge >= 0.3 is 5.97 Å². The number of aromatic amines is 2. The maximum atomic E-state index is 11.6. The number of para-hydroxylation sites is 6. The van der Waals surface area contributed by atoms with Gasteiger partial charge in [0.15, 0.2) is 0 Å². The predicted octanol–water partition coefficient (Wildman–Crippen LogP) is 4.08. The lowest BCUT2D eigenvalue weighted by atomic mass is 10.3. The molecule has 0 atom stereocenters. The van der Waals surface area contributed by atoms with E-state index >= 15 is 0 Å².